The number of benzene rings is 3. The lowest BCUT2D eigenvalue weighted by Crippen LogP contribution is -2.14. The third-order valence-electron chi connectivity index (χ3n) is 14.4. The van der Waals surface area contributed by atoms with Crippen LogP contribution in [0.5, 0.6) is 34.5 Å². The molecule has 0 unspecified atom stereocenters. The van der Waals surface area contributed by atoms with Gasteiger partial charge in [0.1, 0.15) is 60.9 Å². The highest BCUT2D eigenvalue weighted by molar-refractivity contribution is 9.09. The molecule has 25 nitrogen and oxygen atoms in total. The van der Waals surface area contributed by atoms with Gasteiger partial charge < -0.3 is 118 Å². The van der Waals surface area contributed by atoms with Crippen LogP contribution < -0.4 is 28.4 Å². The number of hydrogen-bond donors (Lipinski definition) is 0. The van der Waals surface area contributed by atoms with Gasteiger partial charge in [-0.05, 0) is 104 Å². The summed E-state index contributed by atoms with van der Waals surface area (Å²) in [6, 6.07) is 17.8. The molecule has 0 saturated heterocycles. The van der Waals surface area contributed by atoms with Crippen molar-refractivity contribution in [2.45, 2.75) is 96.9 Å². The van der Waals surface area contributed by atoms with Crippen LogP contribution >= 0.6 is 15.9 Å². The summed E-state index contributed by atoms with van der Waals surface area (Å²) in [5.41, 5.74) is 2.93. The summed E-state index contributed by atoms with van der Waals surface area (Å²) in [7, 11) is 6.59. The maximum Gasteiger partial charge on any atom is 0.123 e. The summed E-state index contributed by atoms with van der Waals surface area (Å²) in [6.45, 7) is 19.8. The van der Waals surface area contributed by atoms with Crippen LogP contribution in [-0.4, -0.2) is 278 Å². The minimum absolute atomic E-state index is 0.368. The van der Waals surface area contributed by atoms with Gasteiger partial charge in [-0.3, -0.25) is 0 Å². The third kappa shape index (κ3) is 58.1. The Morgan fingerprint density at radius 2 is 0.356 bits per heavy atom. The topological polar surface area (TPSA) is 231 Å². The molecule has 26 heteroatoms. The van der Waals surface area contributed by atoms with E-state index in [0.717, 1.165) is 104 Å². The van der Waals surface area contributed by atoms with Crippen molar-refractivity contribution in [3.63, 3.8) is 0 Å². The predicted octanol–water partition coefficient (Wildman–Crippen LogP) is 10.8. The van der Waals surface area contributed by atoms with Crippen LogP contribution in [0.4, 0.5) is 0 Å². The van der Waals surface area contributed by atoms with Crippen molar-refractivity contribution in [3.8, 4) is 34.5 Å². The highest BCUT2D eigenvalue weighted by Crippen LogP contribution is 2.27. The summed E-state index contributed by atoms with van der Waals surface area (Å²) in [6.07, 6.45) is 12.3. The molecule has 0 aromatic heterocycles. The van der Waals surface area contributed by atoms with E-state index in [4.69, 9.17) is 118 Å². The highest BCUT2D eigenvalue weighted by atomic mass is 79.9. The van der Waals surface area contributed by atoms with Gasteiger partial charge in [-0.15, -0.1) is 0 Å². The first kappa shape index (κ1) is 91.4. The lowest BCUT2D eigenvalue weighted by Gasteiger charge is -2.14. The Hall–Kier alpha value is -3.82. The summed E-state index contributed by atoms with van der Waals surface area (Å²) < 4.78 is 142. The van der Waals surface area contributed by atoms with Gasteiger partial charge in [0.25, 0.3) is 0 Å². The van der Waals surface area contributed by atoms with Crippen LogP contribution in [-0.2, 0) is 110 Å². The van der Waals surface area contributed by atoms with Crippen molar-refractivity contribution in [3.05, 3.63) is 71.3 Å². The predicted molar refractivity (Wildman–Crippen MR) is 388 cm³/mol. The Balaban J connectivity index is 1.41. The van der Waals surface area contributed by atoms with Crippen molar-refractivity contribution < 1.29 is 118 Å². The van der Waals surface area contributed by atoms with Gasteiger partial charge in [0.05, 0.1) is 218 Å². The van der Waals surface area contributed by atoms with E-state index in [9.17, 15) is 0 Å². The van der Waals surface area contributed by atoms with Crippen LogP contribution in [0.3, 0.4) is 0 Å². The lowest BCUT2D eigenvalue weighted by molar-refractivity contribution is -0.000118. The fraction of sp³-hybridized carbons (Fsp3) is 0.760. The molecule has 0 aliphatic carbocycles. The number of methoxy groups -OCH3 is 4. The van der Waals surface area contributed by atoms with Crippen LogP contribution in [0, 0.1) is 0 Å². The zero-order valence-electron chi connectivity index (χ0n) is 61.8. The van der Waals surface area contributed by atoms with Crippen LogP contribution in [0.2, 0.25) is 0 Å². The lowest BCUT2D eigenvalue weighted by atomic mass is 10.2. The number of alkyl halides is 1. The first-order chi connectivity index (χ1) is 50.1. The summed E-state index contributed by atoms with van der Waals surface area (Å²) in [5.74, 6) is 4.27. The van der Waals surface area contributed by atoms with Gasteiger partial charge in [0, 0.05) is 71.8 Å². The normalized spacial score (nSPS) is 11.5. The maximum absolute atomic E-state index is 6.35. The van der Waals surface area contributed by atoms with E-state index in [1.807, 2.05) is 42.5 Å². The molecule has 0 atom stereocenters. The largest absolute Gasteiger partial charge is 0.493 e. The molecule has 0 fully saturated rings. The molecule has 0 radical (unpaired) electrons. The second-order valence-electron chi connectivity index (χ2n) is 22.9. The van der Waals surface area contributed by atoms with Crippen LogP contribution in [0.15, 0.2) is 54.6 Å². The Kier molecular flexibility index (Phi) is 64.9. The van der Waals surface area contributed by atoms with E-state index in [2.05, 4.69) is 28.1 Å². The SMILES string of the molecule is COCCOCCOCCOCCOc1cc(COCCCCCCOc2cc(COCCCCCCBr)cc(OCCCCCCOCc3cc(OCCOCCOCCOCCOC)cc(OCCOCCOCCOCCOC)c3)c2)cc(OCCOCCOCCOCCOC)c1. The molecular formula is C75H127BrO25. The molecule has 584 valence electrons. The van der Waals surface area contributed by atoms with Crippen molar-refractivity contribution in [1.29, 1.82) is 0 Å². The van der Waals surface area contributed by atoms with Gasteiger partial charge in [-0.1, -0.05) is 41.6 Å². The van der Waals surface area contributed by atoms with E-state index in [0.29, 0.717) is 281 Å². The van der Waals surface area contributed by atoms with Crippen molar-refractivity contribution >= 4 is 15.9 Å². The van der Waals surface area contributed by atoms with Gasteiger partial charge in [0.15, 0.2) is 0 Å². The second kappa shape index (κ2) is 71.8. The number of hydrogen-bond acceptors (Lipinski definition) is 25. The number of halogens is 1. The molecule has 0 aliphatic rings. The second-order valence-corrected chi connectivity index (χ2v) is 23.7. The van der Waals surface area contributed by atoms with Gasteiger partial charge in [0.2, 0.25) is 0 Å². The number of ether oxygens (including phenoxy) is 25. The Labute approximate surface area is 612 Å². The standard InChI is InChI=1S/C75H127BrO25/c1-77-23-27-81-31-35-85-39-43-89-47-51-98-72-57-68(58-73(62-72)99-52-48-90-44-40-86-36-32-82-28-24-78-2)65-94-19-13-7-9-15-21-96-70-55-67(64-93-18-12-6-5-11-17-76)56-71(61-70)97-22-16-10-8-14-20-95-66-69-59-74(100-53-49-91-45-41-87-37-33-83-29-25-79-3)63-75(60-69)101-54-50-92-46-42-88-38-34-84-30-26-80-4/h55-63H,5-54,64-66H2,1-4H3. The average Bonchev–Trinajstić information content (AvgIpc) is 0.925. The zero-order valence-corrected chi connectivity index (χ0v) is 63.3. The molecule has 0 amide bonds. The molecule has 0 heterocycles. The summed E-state index contributed by atoms with van der Waals surface area (Å²) in [5, 5.41) is 1.03. The van der Waals surface area contributed by atoms with E-state index >= 15 is 0 Å². The van der Waals surface area contributed by atoms with E-state index in [1.54, 1.807) is 28.4 Å². The summed E-state index contributed by atoms with van der Waals surface area (Å²) >= 11 is 3.53. The molecular weight excluding hydrogens is 1380 g/mol. The number of unbranched alkanes of at least 4 members (excludes halogenated alkanes) is 9. The zero-order chi connectivity index (χ0) is 71.7. The molecule has 0 spiro atoms. The molecule has 3 aromatic rings. The fourth-order valence-corrected chi connectivity index (χ4v) is 9.57. The smallest absolute Gasteiger partial charge is 0.123 e. The van der Waals surface area contributed by atoms with Gasteiger partial charge in [-0.25, -0.2) is 0 Å². The van der Waals surface area contributed by atoms with E-state index in [1.165, 1.54) is 12.8 Å². The molecule has 0 bridgehead atoms. The molecule has 3 rings (SSSR count). The first-order valence-electron chi connectivity index (χ1n) is 36.4. The third-order valence-corrected chi connectivity index (χ3v) is 15.0. The van der Waals surface area contributed by atoms with Crippen LogP contribution in [0.1, 0.15) is 93.7 Å². The molecule has 101 heavy (non-hydrogen) atoms. The van der Waals surface area contributed by atoms with Crippen LogP contribution in [0.25, 0.3) is 0 Å². The Morgan fingerprint density at radius 1 is 0.178 bits per heavy atom. The highest BCUT2D eigenvalue weighted by Gasteiger charge is 2.10. The average molecular weight is 1510 g/mol. The van der Waals surface area contributed by atoms with Gasteiger partial charge >= 0.3 is 0 Å². The van der Waals surface area contributed by atoms with Crippen molar-refractivity contribution in [1.82, 2.24) is 0 Å². The molecule has 3 aromatic carbocycles. The molecule has 0 saturated carbocycles. The van der Waals surface area contributed by atoms with E-state index < -0.39 is 0 Å². The maximum atomic E-state index is 6.35. The monoisotopic (exact) mass is 1510 g/mol. The fourth-order valence-electron chi connectivity index (χ4n) is 9.17. The van der Waals surface area contributed by atoms with E-state index in [-0.39, 0.29) is 0 Å². The van der Waals surface area contributed by atoms with Gasteiger partial charge in [-0.2, -0.15) is 0 Å². The van der Waals surface area contributed by atoms with Crippen molar-refractivity contribution in [2.75, 3.05) is 278 Å². The number of rotatable bonds is 80. The van der Waals surface area contributed by atoms with Crippen molar-refractivity contribution in [2.24, 2.45) is 0 Å². The molecule has 0 N–H and O–H groups in total. The first-order valence-corrected chi connectivity index (χ1v) is 37.6. The Bertz CT molecular complexity index is 2010. The Morgan fingerprint density at radius 3 is 0.564 bits per heavy atom. The summed E-state index contributed by atoms with van der Waals surface area (Å²) in [4.78, 5) is 0. The minimum Gasteiger partial charge on any atom is -0.493 e. The minimum atomic E-state index is 0.368. The molecule has 0 aliphatic heterocycles. The quantitative estimate of drug-likeness (QED) is 0.0378.